The van der Waals surface area contributed by atoms with E-state index in [1.807, 2.05) is 24.3 Å². The monoisotopic (exact) mass is 303 g/mol. The summed E-state index contributed by atoms with van der Waals surface area (Å²) in [5.41, 5.74) is 0.993. The molecule has 0 bridgehead atoms. The van der Waals surface area contributed by atoms with Crippen LogP contribution in [0.1, 0.15) is 35.5 Å². The Bertz CT molecular complexity index is 662. The standard InChI is InChI=1S/C17H21NO2S/c1-11(2)12-7-8-18(9-12)10-14-13-5-3-4-6-15(13)21-16(14)17(19)20/h3-6,11-12H,7-10H2,1-2H3,(H,19,20). The predicted octanol–water partition coefficient (Wildman–Crippen LogP) is 4.08. The number of rotatable bonds is 4. The zero-order chi connectivity index (χ0) is 15.0. The second-order valence-corrected chi connectivity index (χ2v) is 7.29. The van der Waals surface area contributed by atoms with Gasteiger partial charge in [-0.05, 0) is 41.8 Å². The lowest BCUT2D eigenvalue weighted by Gasteiger charge is -2.18. The summed E-state index contributed by atoms with van der Waals surface area (Å²) in [6.45, 7) is 7.47. The molecular formula is C17H21NO2S. The van der Waals surface area contributed by atoms with Crippen molar-refractivity contribution in [2.75, 3.05) is 13.1 Å². The highest BCUT2D eigenvalue weighted by atomic mass is 32.1. The Morgan fingerprint density at radius 2 is 2.19 bits per heavy atom. The molecule has 1 aliphatic heterocycles. The van der Waals surface area contributed by atoms with Crippen LogP contribution in [0.15, 0.2) is 24.3 Å². The van der Waals surface area contributed by atoms with Crippen LogP contribution >= 0.6 is 11.3 Å². The smallest absolute Gasteiger partial charge is 0.346 e. The maximum Gasteiger partial charge on any atom is 0.346 e. The van der Waals surface area contributed by atoms with Gasteiger partial charge < -0.3 is 5.11 Å². The number of carbonyl (C=O) groups is 1. The van der Waals surface area contributed by atoms with Gasteiger partial charge in [-0.1, -0.05) is 32.0 Å². The minimum atomic E-state index is -0.800. The van der Waals surface area contributed by atoms with Crippen molar-refractivity contribution in [3.05, 3.63) is 34.7 Å². The lowest BCUT2D eigenvalue weighted by Crippen LogP contribution is -2.22. The van der Waals surface area contributed by atoms with E-state index in [1.165, 1.54) is 17.8 Å². The molecule has 1 N–H and O–H groups in total. The molecule has 2 heterocycles. The number of hydrogen-bond donors (Lipinski definition) is 1. The fourth-order valence-corrected chi connectivity index (χ4v) is 4.26. The lowest BCUT2D eigenvalue weighted by atomic mass is 9.95. The molecule has 112 valence electrons. The van der Waals surface area contributed by atoms with Crippen LogP contribution in [0.4, 0.5) is 0 Å². The molecule has 0 radical (unpaired) electrons. The van der Waals surface area contributed by atoms with E-state index in [-0.39, 0.29) is 0 Å². The molecule has 0 amide bonds. The van der Waals surface area contributed by atoms with Crippen molar-refractivity contribution in [2.24, 2.45) is 11.8 Å². The second-order valence-electron chi connectivity index (χ2n) is 6.24. The van der Waals surface area contributed by atoms with E-state index < -0.39 is 5.97 Å². The van der Waals surface area contributed by atoms with Gasteiger partial charge in [0.05, 0.1) is 0 Å². The van der Waals surface area contributed by atoms with Gasteiger partial charge in [-0.25, -0.2) is 4.79 Å². The highest BCUT2D eigenvalue weighted by Crippen LogP contribution is 2.34. The Balaban J connectivity index is 1.89. The highest BCUT2D eigenvalue weighted by Gasteiger charge is 2.27. The van der Waals surface area contributed by atoms with Crippen molar-refractivity contribution >= 4 is 27.4 Å². The van der Waals surface area contributed by atoms with Crippen LogP contribution in [0.5, 0.6) is 0 Å². The molecule has 2 aromatic rings. The van der Waals surface area contributed by atoms with Gasteiger partial charge in [-0.2, -0.15) is 0 Å². The van der Waals surface area contributed by atoms with Gasteiger partial charge in [0.1, 0.15) is 4.88 Å². The number of carboxylic acid groups (broad SMARTS) is 1. The summed E-state index contributed by atoms with van der Waals surface area (Å²) in [6, 6.07) is 8.02. The fraction of sp³-hybridized carbons (Fsp3) is 0.471. The maximum absolute atomic E-state index is 11.5. The summed E-state index contributed by atoms with van der Waals surface area (Å²) in [5.74, 6) is 0.641. The number of aromatic carboxylic acids is 1. The van der Waals surface area contributed by atoms with Crippen LogP contribution in [-0.4, -0.2) is 29.1 Å². The summed E-state index contributed by atoms with van der Waals surface area (Å²) in [5, 5.41) is 10.6. The maximum atomic E-state index is 11.5. The fourth-order valence-electron chi connectivity index (χ4n) is 3.20. The average molecular weight is 303 g/mol. The summed E-state index contributed by atoms with van der Waals surface area (Å²) in [7, 11) is 0. The van der Waals surface area contributed by atoms with E-state index in [9.17, 15) is 9.90 Å². The zero-order valence-electron chi connectivity index (χ0n) is 12.5. The first-order valence-corrected chi connectivity index (χ1v) is 8.34. The summed E-state index contributed by atoms with van der Waals surface area (Å²) < 4.78 is 1.07. The summed E-state index contributed by atoms with van der Waals surface area (Å²) in [6.07, 6.45) is 1.22. The van der Waals surface area contributed by atoms with Crippen LogP contribution in [0.2, 0.25) is 0 Å². The molecular weight excluding hydrogens is 282 g/mol. The van der Waals surface area contributed by atoms with Crippen molar-refractivity contribution in [1.82, 2.24) is 4.90 Å². The number of thiophene rings is 1. The molecule has 3 nitrogen and oxygen atoms in total. The number of carboxylic acids is 1. The van der Waals surface area contributed by atoms with Crippen molar-refractivity contribution in [2.45, 2.75) is 26.8 Å². The van der Waals surface area contributed by atoms with E-state index in [1.54, 1.807) is 0 Å². The Labute approximate surface area is 129 Å². The molecule has 1 aliphatic rings. The van der Waals surface area contributed by atoms with Gasteiger partial charge >= 0.3 is 5.97 Å². The Hall–Kier alpha value is -1.39. The van der Waals surface area contributed by atoms with Crippen LogP contribution in [0, 0.1) is 11.8 Å². The predicted molar refractivity (Wildman–Crippen MR) is 87.0 cm³/mol. The van der Waals surface area contributed by atoms with Crippen molar-refractivity contribution in [3.8, 4) is 0 Å². The third-order valence-corrected chi connectivity index (χ3v) is 5.73. The average Bonchev–Trinajstić information content (AvgIpc) is 3.05. The molecule has 1 unspecified atom stereocenters. The number of likely N-dealkylation sites (tertiary alicyclic amines) is 1. The molecule has 21 heavy (non-hydrogen) atoms. The van der Waals surface area contributed by atoms with Crippen LogP contribution in [-0.2, 0) is 6.54 Å². The number of benzene rings is 1. The van der Waals surface area contributed by atoms with E-state index >= 15 is 0 Å². The molecule has 1 aromatic carbocycles. The number of fused-ring (bicyclic) bond motifs is 1. The summed E-state index contributed by atoms with van der Waals surface area (Å²) >= 11 is 1.40. The van der Waals surface area contributed by atoms with E-state index in [0.29, 0.717) is 10.8 Å². The van der Waals surface area contributed by atoms with Gasteiger partial charge in [-0.3, -0.25) is 4.90 Å². The molecule has 1 atom stereocenters. The molecule has 1 fully saturated rings. The van der Waals surface area contributed by atoms with E-state index in [0.717, 1.165) is 41.2 Å². The molecule has 0 spiro atoms. The normalized spacial score (nSPS) is 19.7. The van der Waals surface area contributed by atoms with Crippen molar-refractivity contribution in [3.63, 3.8) is 0 Å². The Morgan fingerprint density at radius 1 is 1.43 bits per heavy atom. The molecule has 3 rings (SSSR count). The first-order valence-electron chi connectivity index (χ1n) is 7.52. The van der Waals surface area contributed by atoms with E-state index in [4.69, 9.17) is 0 Å². The summed E-state index contributed by atoms with van der Waals surface area (Å²) in [4.78, 5) is 14.4. The van der Waals surface area contributed by atoms with Crippen molar-refractivity contribution in [1.29, 1.82) is 0 Å². The quantitative estimate of drug-likeness (QED) is 0.925. The van der Waals surface area contributed by atoms with Gasteiger partial charge in [-0.15, -0.1) is 11.3 Å². The third kappa shape index (κ3) is 2.83. The largest absolute Gasteiger partial charge is 0.477 e. The zero-order valence-corrected chi connectivity index (χ0v) is 13.3. The van der Waals surface area contributed by atoms with Crippen LogP contribution in [0.3, 0.4) is 0 Å². The molecule has 1 saturated heterocycles. The minimum Gasteiger partial charge on any atom is -0.477 e. The van der Waals surface area contributed by atoms with Gasteiger partial charge in [0.15, 0.2) is 0 Å². The first-order chi connectivity index (χ1) is 10.1. The minimum absolute atomic E-state index is 0.504. The topological polar surface area (TPSA) is 40.5 Å². The van der Waals surface area contributed by atoms with Gasteiger partial charge in [0, 0.05) is 17.8 Å². The lowest BCUT2D eigenvalue weighted by molar-refractivity contribution is 0.0700. The SMILES string of the molecule is CC(C)C1CCN(Cc2c(C(=O)O)sc3ccccc23)C1. The van der Waals surface area contributed by atoms with Crippen LogP contribution in [0.25, 0.3) is 10.1 Å². The number of hydrogen-bond acceptors (Lipinski definition) is 3. The Morgan fingerprint density at radius 3 is 2.86 bits per heavy atom. The second kappa shape index (κ2) is 5.78. The van der Waals surface area contributed by atoms with Crippen LogP contribution < -0.4 is 0 Å². The third-order valence-electron chi connectivity index (χ3n) is 4.53. The van der Waals surface area contributed by atoms with E-state index in [2.05, 4.69) is 18.7 Å². The van der Waals surface area contributed by atoms with Gasteiger partial charge in [0.25, 0.3) is 0 Å². The molecule has 0 aliphatic carbocycles. The highest BCUT2D eigenvalue weighted by molar-refractivity contribution is 7.21. The molecule has 4 heteroatoms. The molecule has 0 saturated carbocycles. The van der Waals surface area contributed by atoms with Gasteiger partial charge in [0.2, 0.25) is 0 Å². The van der Waals surface area contributed by atoms with Crippen molar-refractivity contribution < 1.29 is 9.90 Å². The Kier molecular flexibility index (Phi) is 4.00. The first kappa shape index (κ1) is 14.5. The number of nitrogens with zero attached hydrogens (tertiary/aromatic N) is 1. The molecule has 1 aromatic heterocycles.